The van der Waals surface area contributed by atoms with Crippen molar-refractivity contribution in [1.29, 1.82) is 0 Å². The standard InChI is InChI=1S/C14H19N5O/c1-9-12(10(2)19(4)18-9)8-17-14(20)11-5-6-13(15-3)16-7-11/h5-7H,8H2,1-4H3,(H,15,16)(H,17,20). The van der Waals surface area contributed by atoms with Crippen LogP contribution in [0.15, 0.2) is 18.3 Å². The Bertz CT molecular complexity index is 615. The lowest BCUT2D eigenvalue weighted by Crippen LogP contribution is -2.23. The Morgan fingerprint density at radius 3 is 2.60 bits per heavy atom. The van der Waals surface area contributed by atoms with E-state index in [2.05, 4.69) is 20.7 Å². The lowest BCUT2D eigenvalue weighted by molar-refractivity contribution is 0.0950. The second-order valence-electron chi connectivity index (χ2n) is 4.64. The number of carbonyl (C=O) groups is 1. The first-order valence-corrected chi connectivity index (χ1v) is 6.44. The molecule has 20 heavy (non-hydrogen) atoms. The van der Waals surface area contributed by atoms with E-state index in [0.29, 0.717) is 12.1 Å². The van der Waals surface area contributed by atoms with E-state index in [1.54, 1.807) is 25.4 Å². The number of pyridine rings is 1. The SMILES string of the molecule is CNc1ccc(C(=O)NCc2c(C)nn(C)c2C)cn1. The summed E-state index contributed by atoms with van der Waals surface area (Å²) in [4.78, 5) is 16.2. The molecule has 0 aliphatic heterocycles. The summed E-state index contributed by atoms with van der Waals surface area (Å²) in [5, 5.41) is 10.1. The van der Waals surface area contributed by atoms with Crippen molar-refractivity contribution in [2.24, 2.45) is 7.05 Å². The number of carbonyl (C=O) groups excluding carboxylic acids is 1. The summed E-state index contributed by atoms with van der Waals surface area (Å²) in [6.45, 7) is 4.40. The average Bonchev–Trinajstić information content (AvgIpc) is 2.70. The Morgan fingerprint density at radius 1 is 1.35 bits per heavy atom. The van der Waals surface area contributed by atoms with Crippen LogP contribution in [-0.2, 0) is 13.6 Å². The number of hydrogen-bond acceptors (Lipinski definition) is 4. The topological polar surface area (TPSA) is 71.8 Å². The molecule has 2 heterocycles. The van der Waals surface area contributed by atoms with E-state index < -0.39 is 0 Å². The van der Waals surface area contributed by atoms with Gasteiger partial charge in [0.1, 0.15) is 5.82 Å². The van der Waals surface area contributed by atoms with E-state index in [1.165, 1.54) is 0 Å². The molecule has 6 heteroatoms. The van der Waals surface area contributed by atoms with Crippen molar-refractivity contribution in [3.8, 4) is 0 Å². The molecule has 0 saturated heterocycles. The normalized spacial score (nSPS) is 10.4. The quantitative estimate of drug-likeness (QED) is 0.883. The highest BCUT2D eigenvalue weighted by atomic mass is 16.1. The van der Waals surface area contributed by atoms with Crippen LogP contribution in [0.25, 0.3) is 0 Å². The number of amides is 1. The molecular weight excluding hydrogens is 254 g/mol. The third-order valence-corrected chi connectivity index (χ3v) is 3.37. The largest absolute Gasteiger partial charge is 0.373 e. The van der Waals surface area contributed by atoms with Gasteiger partial charge in [-0.3, -0.25) is 9.48 Å². The van der Waals surface area contributed by atoms with Gasteiger partial charge in [0.2, 0.25) is 0 Å². The van der Waals surface area contributed by atoms with Gasteiger partial charge in [0.05, 0.1) is 11.3 Å². The summed E-state index contributed by atoms with van der Waals surface area (Å²) in [7, 11) is 3.68. The molecule has 0 spiro atoms. The number of hydrogen-bond donors (Lipinski definition) is 2. The van der Waals surface area contributed by atoms with Crippen LogP contribution in [0.4, 0.5) is 5.82 Å². The summed E-state index contributed by atoms with van der Waals surface area (Å²) < 4.78 is 1.82. The molecule has 0 saturated carbocycles. The van der Waals surface area contributed by atoms with Crippen LogP contribution in [0, 0.1) is 13.8 Å². The zero-order valence-corrected chi connectivity index (χ0v) is 12.2. The fourth-order valence-corrected chi connectivity index (χ4v) is 2.02. The van der Waals surface area contributed by atoms with Crippen molar-refractivity contribution in [2.75, 3.05) is 12.4 Å². The molecule has 0 aliphatic carbocycles. The number of nitrogens with one attached hydrogen (secondary N) is 2. The van der Waals surface area contributed by atoms with Crippen LogP contribution in [-0.4, -0.2) is 27.7 Å². The summed E-state index contributed by atoms with van der Waals surface area (Å²) >= 11 is 0. The van der Waals surface area contributed by atoms with E-state index in [1.807, 2.05) is 25.6 Å². The lowest BCUT2D eigenvalue weighted by Gasteiger charge is -2.06. The third-order valence-electron chi connectivity index (χ3n) is 3.37. The van der Waals surface area contributed by atoms with Crippen molar-refractivity contribution in [2.45, 2.75) is 20.4 Å². The van der Waals surface area contributed by atoms with Gasteiger partial charge in [0.15, 0.2) is 0 Å². The first-order valence-electron chi connectivity index (χ1n) is 6.44. The third kappa shape index (κ3) is 2.79. The predicted molar refractivity (Wildman–Crippen MR) is 77.6 cm³/mol. The molecule has 2 N–H and O–H groups in total. The summed E-state index contributed by atoms with van der Waals surface area (Å²) in [5.74, 6) is 0.600. The zero-order valence-electron chi connectivity index (χ0n) is 12.2. The van der Waals surface area contributed by atoms with Gasteiger partial charge in [-0.05, 0) is 26.0 Å². The summed E-state index contributed by atoms with van der Waals surface area (Å²) in [6, 6.07) is 3.52. The van der Waals surface area contributed by atoms with Gasteiger partial charge in [0.25, 0.3) is 5.91 Å². The average molecular weight is 273 g/mol. The van der Waals surface area contributed by atoms with Gasteiger partial charge in [-0.2, -0.15) is 5.10 Å². The molecule has 0 radical (unpaired) electrons. The van der Waals surface area contributed by atoms with E-state index in [9.17, 15) is 4.79 Å². The first-order chi connectivity index (χ1) is 9.52. The maximum atomic E-state index is 12.0. The van der Waals surface area contributed by atoms with Crippen LogP contribution in [0.3, 0.4) is 0 Å². The van der Waals surface area contributed by atoms with Gasteiger partial charge in [-0.15, -0.1) is 0 Å². The van der Waals surface area contributed by atoms with Crippen molar-refractivity contribution in [3.05, 3.63) is 40.8 Å². The Balaban J connectivity index is 2.04. The molecular formula is C14H19N5O. The minimum absolute atomic E-state index is 0.136. The molecule has 1 amide bonds. The highest BCUT2D eigenvalue weighted by molar-refractivity contribution is 5.94. The number of nitrogens with zero attached hydrogens (tertiary/aromatic N) is 3. The molecule has 106 valence electrons. The highest BCUT2D eigenvalue weighted by Crippen LogP contribution is 2.11. The molecule has 0 aromatic carbocycles. The van der Waals surface area contributed by atoms with Gasteiger partial charge in [0, 0.05) is 38.1 Å². The Morgan fingerprint density at radius 2 is 2.10 bits per heavy atom. The summed E-state index contributed by atoms with van der Waals surface area (Å²) in [6.07, 6.45) is 1.56. The first kappa shape index (κ1) is 14.0. The van der Waals surface area contributed by atoms with Crippen LogP contribution in [0.2, 0.25) is 0 Å². The molecule has 0 fully saturated rings. The Kier molecular flexibility index (Phi) is 4.02. The van der Waals surface area contributed by atoms with E-state index in [-0.39, 0.29) is 5.91 Å². The van der Waals surface area contributed by atoms with Crippen LogP contribution >= 0.6 is 0 Å². The molecule has 0 unspecified atom stereocenters. The number of aryl methyl sites for hydroxylation is 2. The van der Waals surface area contributed by atoms with Crippen molar-refractivity contribution in [1.82, 2.24) is 20.1 Å². The van der Waals surface area contributed by atoms with Gasteiger partial charge < -0.3 is 10.6 Å². The molecule has 0 bridgehead atoms. The number of anilines is 1. The molecule has 6 nitrogen and oxygen atoms in total. The van der Waals surface area contributed by atoms with E-state index >= 15 is 0 Å². The maximum Gasteiger partial charge on any atom is 0.253 e. The predicted octanol–water partition coefficient (Wildman–Crippen LogP) is 1.40. The molecule has 2 rings (SSSR count). The molecule has 2 aromatic heterocycles. The zero-order chi connectivity index (χ0) is 14.7. The fraction of sp³-hybridized carbons (Fsp3) is 0.357. The minimum atomic E-state index is -0.136. The lowest BCUT2D eigenvalue weighted by atomic mass is 10.2. The van der Waals surface area contributed by atoms with E-state index in [0.717, 1.165) is 22.8 Å². The van der Waals surface area contributed by atoms with Gasteiger partial charge in [-0.1, -0.05) is 0 Å². The second-order valence-corrected chi connectivity index (χ2v) is 4.64. The fourth-order valence-electron chi connectivity index (χ4n) is 2.02. The van der Waals surface area contributed by atoms with Crippen molar-refractivity contribution >= 4 is 11.7 Å². The van der Waals surface area contributed by atoms with Crippen LogP contribution in [0.5, 0.6) is 0 Å². The molecule has 0 atom stereocenters. The highest BCUT2D eigenvalue weighted by Gasteiger charge is 2.11. The second kappa shape index (κ2) is 5.73. The van der Waals surface area contributed by atoms with Gasteiger partial charge in [-0.25, -0.2) is 4.98 Å². The van der Waals surface area contributed by atoms with E-state index in [4.69, 9.17) is 0 Å². The maximum absolute atomic E-state index is 12.0. The Labute approximate surface area is 118 Å². The monoisotopic (exact) mass is 273 g/mol. The van der Waals surface area contributed by atoms with Crippen LogP contribution < -0.4 is 10.6 Å². The number of rotatable bonds is 4. The minimum Gasteiger partial charge on any atom is -0.373 e. The van der Waals surface area contributed by atoms with Crippen molar-refractivity contribution < 1.29 is 4.79 Å². The molecule has 0 aliphatic rings. The Hall–Kier alpha value is -2.37. The molecule has 2 aromatic rings. The number of aromatic nitrogens is 3. The summed E-state index contributed by atoms with van der Waals surface area (Å²) in [5.41, 5.74) is 3.60. The smallest absolute Gasteiger partial charge is 0.253 e. The van der Waals surface area contributed by atoms with Crippen LogP contribution in [0.1, 0.15) is 27.3 Å². The van der Waals surface area contributed by atoms with Crippen molar-refractivity contribution in [3.63, 3.8) is 0 Å². The van der Waals surface area contributed by atoms with Gasteiger partial charge >= 0.3 is 0 Å².